The van der Waals surface area contributed by atoms with E-state index in [1.807, 2.05) is 18.2 Å². The fourth-order valence-electron chi connectivity index (χ4n) is 2.76. The number of nitrogens with zero attached hydrogens (tertiary/aromatic N) is 1. The van der Waals surface area contributed by atoms with Crippen LogP contribution in [0.25, 0.3) is 0 Å². The Morgan fingerprint density at radius 1 is 1.40 bits per heavy atom. The molecule has 108 valence electrons. The molecule has 1 amide bonds. The van der Waals surface area contributed by atoms with Gasteiger partial charge in [-0.05, 0) is 36.6 Å². The van der Waals surface area contributed by atoms with Gasteiger partial charge in [0.05, 0.1) is 6.10 Å². The zero-order valence-corrected chi connectivity index (χ0v) is 11.5. The van der Waals surface area contributed by atoms with Crippen molar-refractivity contribution < 1.29 is 14.6 Å². The van der Waals surface area contributed by atoms with Gasteiger partial charge in [0.15, 0.2) is 0 Å². The third-order valence-corrected chi connectivity index (χ3v) is 3.90. The molecule has 3 rings (SSSR count). The number of carbonyl (C=O) groups is 1. The van der Waals surface area contributed by atoms with Crippen molar-refractivity contribution in [3.63, 3.8) is 0 Å². The minimum Gasteiger partial charge on any atom is -0.492 e. The summed E-state index contributed by atoms with van der Waals surface area (Å²) in [6.45, 7) is 3.16. The fourth-order valence-corrected chi connectivity index (χ4v) is 2.76. The monoisotopic (exact) mass is 276 g/mol. The highest BCUT2D eigenvalue weighted by molar-refractivity contribution is 5.93. The van der Waals surface area contributed by atoms with Crippen molar-refractivity contribution >= 4 is 11.6 Å². The lowest BCUT2D eigenvalue weighted by Gasteiger charge is -2.19. The third-order valence-electron chi connectivity index (χ3n) is 3.90. The largest absolute Gasteiger partial charge is 0.492 e. The number of fused-ring (bicyclic) bond motifs is 1. The van der Waals surface area contributed by atoms with E-state index in [4.69, 9.17) is 4.74 Å². The second-order valence-corrected chi connectivity index (χ2v) is 5.46. The lowest BCUT2D eigenvalue weighted by Crippen LogP contribution is -2.27. The Labute approximate surface area is 118 Å². The number of benzene rings is 1. The first kappa shape index (κ1) is 13.4. The maximum atomic E-state index is 11.3. The Morgan fingerprint density at radius 3 is 3.10 bits per heavy atom. The summed E-state index contributed by atoms with van der Waals surface area (Å²) in [6, 6.07) is 5.80. The van der Waals surface area contributed by atoms with E-state index in [1.54, 1.807) is 0 Å². The van der Waals surface area contributed by atoms with Gasteiger partial charge in [0, 0.05) is 31.7 Å². The highest BCUT2D eigenvalue weighted by atomic mass is 16.5. The summed E-state index contributed by atoms with van der Waals surface area (Å²) in [5.74, 6) is 0.929. The van der Waals surface area contributed by atoms with E-state index in [1.165, 1.54) is 0 Å². The predicted molar refractivity (Wildman–Crippen MR) is 76.0 cm³/mol. The molecule has 1 saturated heterocycles. The van der Waals surface area contributed by atoms with Gasteiger partial charge in [0.1, 0.15) is 12.4 Å². The van der Waals surface area contributed by atoms with Gasteiger partial charge in [-0.2, -0.15) is 0 Å². The maximum Gasteiger partial charge on any atom is 0.224 e. The summed E-state index contributed by atoms with van der Waals surface area (Å²) in [7, 11) is 0. The normalized spacial score (nSPS) is 22.4. The fraction of sp³-hybridized carbons (Fsp3) is 0.533. The number of amides is 1. The number of hydrogen-bond donors (Lipinski definition) is 2. The van der Waals surface area contributed by atoms with E-state index in [-0.39, 0.29) is 12.0 Å². The molecule has 0 unspecified atom stereocenters. The van der Waals surface area contributed by atoms with E-state index in [0.29, 0.717) is 13.0 Å². The number of carbonyl (C=O) groups excluding carboxylic acids is 1. The average Bonchev–Trinajstić information content (AvgIpc) is 2.85. The van der Waals surface area contributed by atoms with Crippen molar-refractivity contribution in [1.82, 2.24) is 4.90 Å². The molecule has 1 aromatic rings. The Balaban J connectivity index is 1.52. The van der Waals surface area contributed by atoms with Crippen molar-refractivity contribution in [3.05, 3.63) is 23.8 Å². The number of aryl methyl sites for hydroxylation is 1. The molecule has 1 fully saturated rings. The number of nitrogens with one attached hydrogen (secondary N) is 1. The van der Waals surface area contributed by atoms with Crippen LogP contribution in [-0.4, -0.2) is 48.3 Å². The van der Waals surface area contributed by atoms with Crippen LogP contribution < -0.4 is 10.1 Å². The first-order valence-electron chi connectivity index (χ1n) is 7.17. The van der Waals surface area contributed by atoms with Crippen LogP contribution in [-0.2, 0) is 11.2 Å². The molecule has 2 aliphatic rings. The second-order valence-electron chi connectivity index (χ2n) is 5.46. The van der Waals surface area contributed by atoms with Gasteiger partial charge < -0.3 is 15.2 Å². The van der Waals surface area contributed by atoms with Crippen molar-refractivity contribution in [3.8, 4) is 5.75 Å². The molecule has 1 atom stereocenters. The van der Waals surface area contributed by atoms with Crippen LogP contribution in [0.4, 0.5) is 5.69 Å². The Hall–Kier alpha value is -1.59. The van der Waals surface area contributed by atoms with E-state index in [0.717, 1.165) is 49.5 Å². The van der Waals surface area contributed by atoms with Gasteiger partial charge in [-0.1, -0.05) is 0 Å². The molecule has 2 aliphatic heterocycles. The van der Waals surface area contributed by atoms with Gasteiger partial charge in [-0.3, -0.25) is 9.69 Å². The van der Waals surface area contributed by atoms with E-state index in [2.05, 4.69) is 10.2 Å². The Kier molecular flexibility index (Phi) is 3.89. The number of likely N-dealkylation sites (tertiary alicyclic amines) is 1. The molecule has 0 aliphatic carbocycles. The Morgan fingerprint density at radius 2 is 2.30 bits per heavy atom. The molecule has 5 heteroatoms. The van der Waals surface area contributed by atoms with Crippen LogP contribution in [0.5, 0.6) is 5.75 Å². The highest BCUT2D eigenvalue weighted by Crippen LogP contribution is 2.26. The number of rotatable bonds is 4. The highest BCUT2D eigenvalue weighted by Gasteiger charge is 2.19. The summed E-state index contributed by atoms with van der Waals surface area (Å²) in [5, 5.41) is 12.3. The molecule has 0 spiro atoms. The van der Waals surface area contributed by atoms with Crippen molar-refractivity contribution in [1.29, 1.82) is 0 Å². The molecule has 0 aromatic heterocycles. The maximum absolute atomic E-state index is 11.3. The quantitative estimate of drug-likeness (QED) is 0.862. The van der Waals surface area contributed by atoms with Gasteiger partial charge >= 0.3 is 0 Å². The molecule has 0 saturated carbocycles. The minimum atomic E-state index is -0.178. The Bertz CT molecular complexity index is 504. The van der Waals surface area contributed by atoms with Crippen LogP contribution in [0.2, 0.25) is 0 Å². The molecule has 1 aromatic carbocycles. The van der Waals surface area contributed by atoms with Crippen LogP contribution in [0, 0.1) is 0 Å². The lowest BCUT2D eigenvalue weighted by atomic mass is 10.0. The zero-order chi connectivity index (χ0) is 13.9. The number of aliphatic hydroxyl groups excluding tert-OH is 1. The predicted octanol–water partition coefficient (Wildman–Crippen LogP) is 1.02. The molecule has 0 radical (unpaired) electrons. The van der Waals surface area contributed by atoms with Crippen molar-refractivity contribution in [2.24, 2.45) is 0 Å². The summed E-state index contributed by atoms with van der Waals surface area (Å²) in [5.41, 5.74) is 2.04. The number of β-amino-alcohol motifs (C(OH)–C–C–N with tert-alkyl or cyclic N) is 1. The van der Waals surface area contributed by atoms with Crippen LogP contribution in [0.3, 0.4) is 0 Å². The number of aliphatic hydroxyl groups is 1. The first-order valence-corrected chi connectivity index (χ1v) is 7.17. The molecule has 0 bridgehead atoms. The smallest absolute Gasteiger partial charge is 0.224 e. The number of hydrogen-bond acceptors (Lipinski definition) is 4. The number of anilines is 1. The molecule has 5 nitrogen and oxygen atoms in total. The van der Waals surface area contributed by atoms with Gasteiger partial charge in [-0.15, -0.1) is 0 Å². The van der Waals surface area contributed by atoms with E-state index in [9.17, 15) is 9.90 Å². The van der Waals surface area contributed by atoms with Crippen LogP contribution in [0.15, 0.2) is 18.2 Å². The summed E-state index contributed by atoms with van der Waals surface area (Å²) in [6.07, 6.45) is 2.00. The van der Waals surface area contributed by atoms with Crippen LogP contribution in [0.1, 0.15) is 18.4 Å². The first-order chi connectivity index (χ1) is 9.70. The lowest BCUT2D eigenvalue weighted by molar-refractivity contribution is -0.116. The van der Waals surface area contributed by atoms with E-state index < -0.39 is 0 Å². The SMILES string of the molecule is O=C1CCc2cc(OCCN3CC[C@H](O)C3)ccc2N1. The molecular formula is C15H20N2O3. The van der Waals surface area contributed by atoms with Crippen molar-refractivity contribution in [2.45, 2.75) is 25.4 Å². The minimum absolute atomic E-state index is 0.0822. The van der Waals surface area contributed by atoms with Gasteiger partial charge in [0.2, 0.25) is 5.91 Å². The van der Waals surface area contributed by atoms with Crippen molar-refractivity contribution in [2.75, 3.05) is 31.6 Å². The summed E-state index contributed by atoms with van der Waals surface area (Å²) in [4.78, 5) is 13.5. The molecule has 2 N–H and O–H groups in total. The van der Waals surface area contributed by atoms with Gasteiger partial charge in [-0.25, -0.2) is 0 Å². The standard InChI is InChI=1S/C15H20N2O3/c18-12-5-6-17(10-12)7-8-20-13-2-3-14-11(9-13)1-4-15(19)16-14/h2-3,9,12,18H,1,4-8,10H2,(H,16,19)/t12-/m0/s1. The topological polar surface area (TPSA) is 61.8 Å². The van der Waals surface area contributed by atoms with E-state index >= 15 is 0 Å². The molecule has 2 heterocycles. The summed E-state index contributed by atoms with van der Waals surface area (Å²) >= 11 is 0. The zero-order valence-electron chi connectivity index (χ0n) is 11.5. The second kappa shape index (κ2) is 5.81. The molecular weight excluding hydrogens is 256 g/mol. The van der Waals surface area contributed by atoms with Gasteiger partial charge in [0.25, 0.3) is 0 Å². The number of ether oxygens (including phenoxy) is 1. The third kappa shape index (κ3) is 3.11. The summed E-state index contributed by atoms with van der Waals surface area (Å²) < 4.78 is 5.76. The average molecular weight is 276 g/mol. The van der Waals surface area contributed by atoms with Crippen LogP contribution >= 0.6 is 0 Å². The molecule has 20 heavy (non-hydrogen) atoms.